The SMILES string of the molecule is Cc1cc(OCC2(CC(=O)N3CCCCC3)CCN(S(=O)(=O)c3ccc(F)cc3C)CC2)ccc1Cl. The summed E-state index contributed by atoms with van der Waals surface area (Å²) in [6.07, 6.45) is 4.49. The van der Waals surface area contributed by atoms with Crippen LogP contribution >= 0.6 is 11.6 Å². The maximum Gasteiger partial charge on any atom is 0.243 e. The molecule has 9 heteroatoms. The van der Waals surface area contributed by atoms with E-state index in [1.54, 1.807) is 13.0 Å². The van der Waals surface area contributed by atoms with Gasteiger partial charge in [-0.25, -0.2) is 12.8 Å². The Morgan fingerprint density at radius 2 is 1.69 bits per heavy atom. The number of halogens is 2. The Labute approximate surface area is 218 Å². The Bertz CT molecular complexity index is 1210. The number of carbonyl (C=O) groups is 1. The third-order valence-corrected chi connectivity index (χ3v) is 9.93. The largest absolute Gasteiger partial charge is 0.493 e. The molecule has 4 rings (SSSR count). The van der Waals surface area contributed by atoms with Crippen molar-refractivity contribution in [3.05, 3.63) is 58.4 Å². The van der Waals surface area contributed by atoms with E-state index in [2.05, 4.69) is 0 Å². The first kappa shape index (κ1) is 26.9. The summed E-state index contributed by atoms with van der Waals surface area (Å²) < 4.78 is 47.8. The van der Waals surface area contributed by atoms with Gasteiger partial charge in [0.15, 0.2) is 0 Å². The predicted octanol–water partition coefficient (Wildman–Crippen LogP) is 5.35. The average Bonchev–Trinajstić information content (AvgIpc) is 2.85. The van der Waals surface area contributed by atoms with Crippen LogP contribution in [0.25, 0.3) is 0 Å². The smallest absolute Gasteiger partial charge is 0.243 e. The molecular weight excluding hydrogens is 503 g/mol. The molecule has 0 saturated carbocycles. The van der Waals surface area contributed by atoms with Crippen LogP contribution in [0.3, 0.4) is 0 Å². The van der Waals surface area contributed by atoms with Gasteiger partial charge in [0.1, 0.15) is 11.6 Å². The monoisotopic (exact) mass is 536 g/mol. The second kappa shape index (κ2) is 11.1. The minimum atomic E-state index is -3.77. The van der Waals surface area contributed by atoms with E-state index in [9.17, 15) is 17.6 Å². The molecule has 196 valence electrons. The van der Waals surface area contributed by atoms with Crippen LogP contribution in [0.2, 0.25) is 5.02 Å². The molecule has 0 radical (unpaired) electrons. The number of benzene rings is 2. The molecule has 2 fully saturated rings. The Hall–Kier alpha value is -2.16. The maximum atomic E-state index is 13.6. The van der Waals surface area contributed by atoms with Crippen molar-refractivity contribution >= 4 is 27.5 Å². The summed E-state index contributed by atoms with van der Waals surface area (Å²) in [5.74, 6) is 0.324. The minimum absolute atomic E-state index is 0.108. The highest BCUT2D eigenvalue weighted by atomic mass is 35.5. The van der Waals surface area contributed by atoms with E-state index in [4.69, 9.17) is 16.3 Å². The van der Waals surface area contributed by atoms with E-state index < -0.39 is 21.3 Å². The molecule has 2 saturated heterocycles. The van der Waals surface area contributed by atoms with Crippen molar-refractivity contribution in [3.63, 3.8) is 0 Å². The van der Waals surface area contributed by atoms with Gasteiger partial charge < -0.3 is 9.64 Å². The summed E-state index contributed by atoms with van der Waals surface area (Å²) in [6, 6.07) is 9.21. The third-order valence-electron chi connectivity index (χ3n) is 7.45. The number of aryl methyl sites for hydroxylation is 2. The molecule has 0 unspecified atom stereocenters. The molecule has 0 atom stereocenters. The third kappa shape index (κ3) is 6.03. The topological polar surface area (TPSA) is 66.9 Å². The molecular formula is C27H34ClFN2O4S. The summed E-state index contributed by atoms with van der Waals surface area (Å²) >= 11 is 6.15. The van der Waals surface area contributed by atoms with Crippen molar-refractivity contribution in [2.75, 3.05) is 32.8 Å². The van der Waals surface area contributed by atoms with Crippen molar-refractivity contribution in [1.29, 1.82) is 0 Å². The molecule has 0 aromatic heterocycles. The number of piperidine rings is 2. The van der Waals surface area contributed by atoms with Gasteiger partial charge in [0, 0.05) is 43.0 Å². The van der Waals surface area contributed by atoms with Crippen LogP contribution in [0, 0.1) is 25.1 Å². The van der Waals surface area contributed by atoms with Crippen LogP contribution in [0.4, 0.5) is 4.39 Å². The van der Waals surface area contributed by atoms with Crippen LogP contribution in [-0.4, -0.2) is 56.3 Å². The molecule has 2 aliphatic rings. The first-order chi connectivity index (χ1) is 17.1. The fraction of sp³-hybridized carbons (Fsp3) is 0.519. The first-order valence-corrected chi connectivity index (χ1v) is 14.3. The van der Waals surface area contributed by atoms with Gasteiger partial charge >= 0.3 is 0 Å². The van der Waals surface area contributed by atoms with E-state index in [0.29, 0.717) is 42.2 Å². The molecule has 2 aliphatic heterocycles. The molecule has 2 aromatic rings. The van der Waals surface area contributed by atoms with Gasteiger partial charge in [0.25, 0.3) is 0 Å². The Kier molecular flexibility index (Phi) is 8.27. The van der Waals surface area contributed by atoms with Gasteiger partial charge in [-0.15, -0.1) is 0 Å². The van der Waals surface area contributed by atoms with Gasteiger partial charge in [-0.05, 0) is 93.5 Å². The molecule has 0 aliphatic carbocycles. The molecule has 2 aromatic carbocycles. The van der Waals surface area contributed by atoms with E-state index in [1.165, 1.54) is 22.5 Å². The first-order valence-electron chi connectivity index (χ1n) is 12.5. The zero-order valence-corrected chi connectivity index (χ0v) is 22.5. The molecule has 0 spiro atoms. The van der Waals surface area contributed by atoms with Gasteiger partial charge in [0.2, 0.25) is 15.9 Å². The second-order valence-corrected chi connectivity index (χ2v) is 12.4. The lowest BCUT2D eigenvalue weighted by Crippen LogP contribution is -2.48. The van der Waals surface area contributed by atoms with E-state index in [-0.39, 0.29) is 23.9 Å². The maximum absolute atomic E-state index is 13.6. The Balaban J connectivity index is 1.51. The van der Waals surface area contributed by atoms with Crippen LogP contribution < -0.4 is 4.74 Å². The minimum Gasteiger partial charge on any atom is -0.493 e. The predicted molar refractivity (Wildman–Crippen MR) is 138 cm³/mol. The van der Waals surface area contributed by atoms with Crippen LogP contribution in [0.5, 0.6) is 5.75 Å². The number of nitrogens with zero attached hydrogens (tertiary/aromatic N) is 2. The molecule has 1 amide bonds. The lowest BCUT2D eigenvalue weighted by molar-refractivity contribution is -0.136. The molecule has 0 bridgehead atoms. The Morgan fingerprint density at radius 3 is 2.33 bits per heavy atom. The lowest BCUT2D eigenvalue weighted by atomic mass is 9.76. The number of likely N-dealkylation sites (tertiary alicyclic amines) is 1. The van der Waals surface area contributed by atoms with Crippen molar-refractivity contribution in [2.45, 2.75) is 57.3 Å². The van der Waals surface area contributed by atoms with E-state index in [0.717, 1.165) is 37.9 Å². The number of hydrogen-bond acceptors (Lipinski definition) is 4. The van der Waals surface area contributed by atoms with E-state index in [1.807, 2.05) is 24.0 Å². The fourth-order valence-corrected chi connectivity index (χ4v) is 6.90. The van der Waals surface area contributed by atoms with Gasteiger partial charge in [-0.1, -0.05) is 11.6 Å². The van der Waals surface area contributed by atoms with Crippen LogP contribution in [-0.2, 0) is 14.8 Å². The standard InChI is InChI=1S/C27H34ClFN2O4S/c1-20-17-23(7-8-24(20)28)35-19-27(18-26(32)30-12-4-3-5-13-30)10-14-31(15-11-27)36(33,34)25-9-6-22(29)16-21(25)2/h6-9,16-17H,3-5,10-15,18-19H2,1-2H3. The van der Waals surface area contributed by atoms with Crippen molar-refractivity contribution in [3.8, 4) is 5.75 Å². The van der Waals surface area contributed by atoms with Crippen molar-refractivity contribution < 1.29 is 22.3 Å². The normalized spacial score (nSPS) is 18.7. The molecule has 0 N–H and O–H groups in total. The molecule has 6 nitrogen and oxygen atoms in total. The number of sulfonamides is 1. The molecule has 36 heavy (non-hydrogen) atoms. The highest BCUT2D eigenvalue weighted by Crippen LogP contribution is 2.39. The fourth-order valence-electron chi connectivity index (χ4n) is 5.13. The summed E-state index contributed by atoms with van der Waals surface area (Å²) in [5.41, 5.74) is 0.808. The average molecular weight is 537 g/mol. The molecule has 2 heterocycles. The van der Waals surface area contributed by atoms with Crippen molar-refractivity contribution in [2.24, 2.45) is 5.41 Å². The zero-order chi connectivity index (χ0) is 25.9. The second-order valence-electron chi connectivity index (χ2n) is 10.1. The summed E-state index contributed by atoms with van der Waals surface area (Å²) in [5, 5.41) is 0.659. The van der Waals surface area contributed by atoms with Crippen LogP contribution in [0.1, 0.15) is 49.7 Å². The highest BCUT2D eigenvalue weighted by Gasteiger charge is 2.42. The quantitative estimate of drug-likeness (QED) is 0.478. The number of rotatable bonds is 7. The summed E-state index contributed by atoms with van der Waals surface area (Å²) in [7, 11) is -3.77. The van der Waals surface area contributed by atoms with Gasteiger partial charge in [0.05, 0.1) is 11.5 Å². The lowest BCUT2D eigenvalue weighted by Gasteiger charge is -2.42. The summed E-state index contributed by atoms with van der Waals surface area (Å²) in [4.78, 5) is 15.3. The van der Waals surface area contributed by atoms with Gasteiger partial charge in [-0.3, -0.25) is 4.79 Å². The number of hydrogen-bond donors (Lipinski definition) is 0. The number of amides is 1. The van der Waals surface area contributed by atoms with Crippen molar-refractivity contribution in [1.82, 2.24) is 9.21 Å². The number of ether oxygens (including phenoxy) is 1. The highest BCUT2D eigenvalue weighted by molar-refractivity contribution is 7.89. The van der Waals surface area contributed by atoms with Crippen LogP contribution in [0.15, 0.2) is 41.3 Å². The summed E-state index contributed by atoms with van der Waals surface area (Å²) in [6.45, 7) is 5.92. The van der Waals surface area contributed by atoms with E-state index >= 15 is 0 Å². The van der Waals surface area contributed by atoms with Gasteiger partial charge in [-0.2, -0.15) is 4.31 Å². The Morgan fingerprint density at radius 1 is 1.00 bits per heavy atom. The number of carbonyl (C=O) groups excluding carboxylic acids is 1. The zero-order valence-electron chi connectivity index (χ0n) is 20.9.